The Bertz CT molecular complexity index is 1300. The molecule has 10 aliphatic carbocycles. The van der Waals surface area contributed by atoms with Crippen molar-refractivity contribution in [3.05, 3.63) is 45.1 Å². The molecule has 0 aromatic heterocycles. The van der Waals surface area contributed by atoms with Crippen LogP contribution in [0.5, 0.6) is 0 Å². The summed E-state index contributed by atoms with van der Waals surface area (Å²) >= 11 is 0. The molecule has 0 saturated heterocycles. The van der Waals surface area contributed by atoms with Gasteiger partial charge in [0, 0.05) is 11.3 Å². The van der Waals surface area contributed by atoms with E-state index < -0.39 is 5.60 Å². The van der Waals surface area contributed by atoms with E-state index in [1.807, 2.05) is 0 Å². The van der Waals surface area contributed by atoms with Gasteiger partial charge in [-0.3, -0.25) is 0 Å². The van der Waals surface area contributed by atoms with Gasteiger partial charge < -0.3 is 10.2 Å². The second-order valence-corrected chi connectivity index (χ2v) is 18.2. The molecule has 0 spiro atoms. The zero-order chi connectivity index (χ0) is 30.9. The van der Waals surface area contributed by atoms with Crippen LogP contribution in [0.2, 0.25) is 0 Å². The second kappa shape index (κ2) is 9.45. The molecule has 0 radical (unpaired) electrons. The van der Waals surface area contributed by atoms with Crippen molar-refractivity contribution in [3.63, 3.8) is 0 Å². The lowest BCUT2D eigenvalue weighted by molar-refractivity contribution is -0.110. The first-order valence-electron chi connectivity index (χ1n) is 17.5. The van der Waals surface area contributed by atoms with Gasteiger partial charge in [-0.2, -0.15) is 0 Å². The third kappa shape index (κ3) is 3.88. The van der Waals surface area contributed by atoms with Crippen molar-refractivity contribution in [1.29, 1.82) is 0 Å². The number of hydrogen-bond donors (Lipinski definition) is 2. The number of aliphatic hydroxyl groups excluding tert-OH is 1. The molecule has 0 heterocycles. The van der Waals surface area contributed by atoms with Crippen molar-refractivity contribution in [3.8, 4) is 0 Å². The predicted molar refractivity (Wildman–Crippen MR) is 176 cm³/mol. The summed E-state index contributed by atoms with van der Waals surface area (Å²) in [4.78, 5) is 0. The molecule has 3 fully saturated rings. The van der Waals surface area contributed by atoms with Crippen molar-refractivity contribution in [2.24, 2.45) is 57.2 Å². The molecule has 8 unspecified atom stereocenters. The van der Waals surface area contributed by atoms with Crippen LogP contribution in [0.4, 0.5) is 0 Å². The smallest absolute Gasteiger partial charge is 0.0707 e. The molecule has 2 heteroatoms. The van der Waals surface area contributed by atoms with Crippen molar-refractivity contribution in [1.82, 2.24) is 0 Å². The van der Waals surface area contributed by atoms with Gasteiger partial charge in [0.25, 0.3) is 0 Å². The summed E-state index contributed by atoms with van der Waals surface area (Å²) in [7, 11) is 0. The van der Waals surface area contributed by atoms with Gasteiger partial charge in [0.15, 0.2) is 0 Å². The van der Waals surface area contributed by atoms with Crippen LogP contribution in [-0.4, -0.2) is 21.9 Å². The van der Waals surface area contributed by atoms with Crippen molar-refractivity contribution >= 4 is 0 Å². The molecule has 0 amide bonds. The number of fused-ring (bicyclic) bond motifs is 8. The fourth-order valence-electron chi connectivity index (χ4n) is 11.8. The lowest BCUT2D eigenvalue weighted by Crippen LogP contribution is -2.63. The largest absolute Gasteiger partial charge is 0.392 e. The Hall–Kier alpha value is -1.12. The van der Waals surface area contributed by atoms with Gasteiger partial charge in [-0.1, -0.05) is 100 Å². The van der Waals surface area contributed by atoms with Crippen LogP contribution in [0.3, 0.4) is 0 Å². The van der Waals surface area contributed by atoms with Gasteiger partial charge in [-0.15, -0.1) is 0 Å². The first-order valence-corrected chi connectivity index (χ1v) is 17.5. The quantitative estimate of drug-likeness (QED) is 0.329. The van der Waals surface area contributed by atoms with Gasteiger partial charge in [0.1, 0.15) is 0 Å². The lowest BCUT2D eigenvalue weighted by atomic mass is 9.35. The first-order chi connectivity index (χ1) is 19.3. The maximum absolute atomic E-state index is 12.0. The summed E-state index contributed by atoms with van der Waals surface area (Å²) in [5.41, 5.74) is 12.2. The number of hydrogen-bond acceptors (Lipinski definition) is 2. The van der Waals surface area contributed by atoms with E-state index in [1.165, 1.54) is 31.3 Å². The Balaban J connectivity index is 0.000000244. The predicted octanol–water partition coefficient (Wildman–Crippen LogP) is 9.98. The highest BCUT2D eigenvalue weighted by Crippen LogP contribution is 2.75. The van der Waals surface area contributed by atoms with Gasteiger partial charge in [-0.25, -0.2) is 0 Å². The molecule has 2 N–H and O–H groups in total. The molecule has 10 rings (SSSR count). The zero-order valence-corrected chi connectivity index (χ0v) is 29.2. The zero-order valence-electron chi connectivity index (χ0n) is 29.2. The molecule has 6 bridgehead atoms. The minimum atomic E-state index is -0.417. The number of allylic oxidation sites excluding steroid dienone is 6. The minimum Gasteiger partial charge on any atom is -0.392 e. The third-order valence-corrected chi connectivity index (χ3v) is 15.6. The van der Waals surface area contributed by atoms with Crippen LogP contribution in [0.25, 0.3) is 0 Å². The number of rotatable bonds is 3. The monoisotopic (exact) mass is 574 g/mol. The van der Waals surface area contributed by atoms with Crippen LogP contribution in [0.15, 0.2) is 45.1 Å². The molecule has 0 aromatic carbocycles. The Morgan fingerprint density at radius 2 is 1.38 bits per heavy atom. The van der Waals surface area contributed by atoms with E-state index in [-0.39, 0.29) is 16.9 Å². The van der Waals surface area contributed by atoms with E-state index in [1.54, 1.807) is 33.4 Å². The molecule has 2 nitrogen and oxygen atoms in total. The van der Waals surface area contributed by atoms with Crippen LogP contribution in [-0.2, 0) is 0 Å². The van der Waals surface area contributed by atoms with Gasteiger partial charge in [0.2, 0.25) is 0 Å². The van der Waals surface area contributed by atoms with Crippen molar-refractivity contribution < 1.29 is 10.2 Å². The molecule has 42 heavy (non-hydrogen) atoms. The average Bonchev–Trinajstić information content (AvgIpc) is 2.90. The summed E-state index contributed by atoms with van der Waals surface area (Å²) in [5, 5.41) is 22.0. The lowest BCUT2D eigenvalue weighted by Gasteiger charge is -2.69. The normalized spacial score (nSPS) is 44.0. The van der Waals surface area contributed by atoms with Crippen LogP contribution in [0, 0.1) is 57.2 Å². The highest BCUT2D eigenvalue weighted by Gasteiger charge is 2.67. The minimum absolute atomic E-state index is 0.141. The molecule has 0 aliphatic heterocycles. The highest BCUT2D eigenvalue weighted by atomic mass is 16.3. The van der Waals surface area contributed by atoms with Gasteiger partial charge in [-0.05, 0) is 125 Å². The van der Waals surface area contributed by atoms with Crippen LogP contribution in [0.1, 0.15) is 134 Å². The maximum atomic E-state index is 12.0. The maximum Gasteiger partial charge on any atom is 0.0707 e. The highest BCUT2D eigenvalue weighted by molar-refractivity contribution is 5.49. The Kier molecular flexibility index (Phi) is 6.95. The molecule has 10 aliphatic rings. The molecule has 234 valence electrons. The van der Waals surface area contributed by atoms with Crippen LogP contribution < -0.4 is 0 Å². The summed E-state index contributed by atoms with van der Waals surface area (Å²) < 4.78 is 0. The Morgan fingerprint density at radius 1 is 0.786 bits per heavy atom. The Labute approximate surface area is 258 Å². The summed E-state index contributed by atoms with van der Waals surface area (Å²) in [6.07, 6.45) is 11.2. The summed E-state index contributed by atoms with van der Waals surface area (Å²) in [6, 6.07) is 0. The molecular weight excluding hydrogens is 512 g/mol. The van der Waals surface area contributed by atoms with E-state index in [0.717, 1.165) is 37.5 Å². The van der Waals surface area contributed by atoms with E-state index in [4.69, 9.17) is 0 Å². The summed E-state index contributed by atoms with van der Waals surface area (Å²) in [6.45, 7) is 28.4. The molecule has 3 saturated carbocycles. The second-order valence-electron chi connectivity index (χ2n) is 18.2. The SMILES string of the molecule is CC1=C2CC(CC1C1(C3C(C)=C4CC(C3O)C4(C)C)CC3CC(=C1C)C3(C)C)C2(C)C.CC1=CCC(O)(C(C)C)CC1. The topological polar surface area (TPSA) is 40.5 Å². The first kappa shape index (κ1) is 30.9. The van der Waals surface area contributed by atoms with E-state index >= 15 is 0 Å². The fraction of sp³-hybridized carbons (Fsp3) is 0.800. The van der Waals surface area contributed by atoms with E-state index in [9.17, 15) is 10.2 Å². The number of aliphatic hydroxyl groups is 2. The molecule has 0 aromatic rings. The summed E-state index contributed by atoms with van der Waals surface area (Å²) in [5.74, 6) is 3.39. The van der Waals surface area contributed by atoms with Crippen molar-refractivity contribution in [2.45, 2.75) is 146 Å². The Morgan fingerprint density at radius 3 is 1.83 bits per heavy atom. The van der Waals surface area contributed by atoms with Crippen molar-refractivity contribution in [2.75, 3.05) is 0 Å². The van der Waals surface area contributed by atoms with E-state index in [0.29, 0.717) is 34.5 Å². The van der Waals surface area contributed by atoms with Crippen LogP contribution >= 0.6 is 0 Å². The molecular formula is C40H62O2. The average molecular weight is 575 g/mol. The van der Waals surface area contributed by atoms with E-state index in [2.05, 4.69) is 89.2 Å². The standard InChI is InChI=1S/C30H44O.C10H18O/c1-15-20-10-18(27(20,4)5)11-22(15)30(14-19-12-23(17(30)3)28(19,6)7)25-16(2)21-13-24(26(25)31)29(21,8)9;1-8(2)10(11)6-4-9(3)5-7-10/h18-19,22,24-26,31H,10-14H2,1-9H3;4,8,11H,5-7H2,1-3H3. The van der Waals surface area contributed by atoms with Gasteiger partial charge >= 0.3 is 0 Å². The fourth-order valence-corrected chi connectivity index (χ4v) is 11.8. The molecule has 8 atom stereocenters. The van der Waals surface area contributed by atoms with Gasteiger partial charge in [0.05, 0.1) is 11.7 Å². The third-order valence-electron chi connectivity index (χ3n) is 15.6.